The van der Waals surface area contributed by atoms with Crippen LogP contribution in [0.15, 0.2) is 0 Å². The molecule has 0 amide bonds. The molecule has 0 aliphatic heterocycles. The largest absolute Gasteiger partial charge is 0.341 e. The van der Waals surface area contributed by atoms with Crippen LogP contribution in [0.2, 0.25) is 10.3 Å². The molecule has 0 N–H and O–H groups in total. The maximum Gasteiger partial charge on any atom is 0.228 e. The van der Waals surface area contributed by atoms with E-state index in [1.54, 1.807) is 6.92 Å². The Labute approximate surface area is 94.1 Å². The third-order valence-corrected chi connectivity index (χ3v) is 2.80. The van der Waals surface area contributed by atoms with Gasteiger partial charge in [-0.05, 0) is 20.8 Å². The van der Waals surface area contributed by atoms with Crippen LogP contribution in [-0.2, 0) is 0 Å². The molecule has 0 atom stereocenters. The Bertz CT molecular complexity index is 301. The van der Waals surface area contributed by atoms with E-state index < -0.39 is 0 Å². The molecular formula is C9H13Cl2N3. The summed E-state index contributed by atoms with van der Waals surface area (Å²) in [7, 11) is 0. The molecule has 0 radical (unpaired) electrons. The van der Waals surface area contributed by atoms with Crippen molar-refractivity contribution in [1.29, 1.82) is 0 Å². The molecule has 0 fully saturated rings. The maximum absolute atomic E-state index is 5.91. The monoisotopic (exact) mass is 233 g/mol. The number of halogens is 2. The van der Waals surface area contributed by atoms with Gasteiger partial charge >= 0.3 is 0 Å². The fourth-order valence-electron chi connectivity index (χ4n) is 1.10. The van der Waals surface area contributed by atoms with Crippen molar-refractivity contribution in [2.24, 2.45) is 0 Å². The van der Waals surface area contributed by atoms with E-state index in [0.29, 0.717) is 16.3 Å². The lowest BCUT2D eigenvalue weighted by molar-refractivity contribution is 0.819. The highest BCUT2D eigenvalue weighted by atomic mass is 35.5. The fraction of sp³-hybridized carbons (Fsp3) is 0.556. The van der Waals surface area contributed by atoms with Gasteiger partial charge in [-0.1, -0.05) is 23.2 Å². The Kier molecular flexibility index (Phi) is 3.96. The van der Waals surface area contributed by atoms with E-state index >= 15 is 0 Å². The number of hydrogen-bond acceptors (Lipinski definition) is 3. The van der Waals surface area contributed by atoms with Gasteiger partial charge < -0.3 is 4.90 Å². The first-order valence-electron chi connectivity index (χ1n) is 4.54. The van der Waals surface area contributed by atoms with E-state index in [9.17, 15) is 0 Å². The first-order valence-corrected chi connectivity index (χ1v) is 5.30. The second-order valence-electron chi connectivity index (χ2n) is 2.90. The Morgan fingerprint density at radius 3 is 1.86 bits per heavy atom. The van der Waals surface area contributed by atoms with Crippen molar-refractivity contribution >= 4 is 29.2 Å². The Morgan fingerprint density at radius 2 is 1.50 bits per heavy atom. The van der Waals surface area contributed by atoms with Gasteiger partial charge in [0, 0.05) is 18.7 Å². The van der Waals surface area contributed by atoms with Crippen molar-refractivity contribution in [2.45, 2.75) is 20.8 Å². The van der Waals surface area contributed by atoms with Crippen molar-refractivity contribution in [3.8, 4) is 0 Å². The fourth-order valence-corrected chi connectivity index (χ4v) is 1.48. The summed E-state index contributed by atoms with van der Waals surface area (Å²) in [6, 6.07) is 0. The summed E-state index contributed by atoms with van der Waals surface area (Å²) in [4.78, 5) is 10.3. The third kappa shape index (κ3) is 2.28. The van der Waals surface area contributed by atoms with Gasteiger partial charge in [0.05, 0.1) is 0 Å². The standard InChI is InChI=1S/C9H13Cl2N3/c1-4-14(5-2)9-12-7(10)6(3)8(11)13-9/h4-5H2,1-3H3. The lowest BCUT2D eigenvalue weighted by atomic mass is 10.4. The maximum atomic E-state index is 5.91. The van der Waals surface area contributed by atoms with Gasteiger partial charge in [-0.2, -0.15) is 0 Å². The lowest BCUT2D eigenvalue weighted by Crippen LogP contribution is -2.24. The van der Waals surface area contributed by atoms with E-state index in [-0.39, 0.29) is 0 Å². The van der Waals surface area contributed by atoms with Crippen molar-refractivity contribution < 1.29 is 0 Å². The molecule has 0 bridgehead atoms. The Morgan fingerprint density at radius 1 is 1.07 bits per heavy atom. The number of anilines is 1. The molecule has 1 rings (SSSR count). The summed E-state index contributed by atoms with van der Waals surface area (Å²) >= 11 is 11.8. The van der Waals surface area contributed by atoms with Gasteiger partial charge in [-0.25, -0.2) is 9.97 Å². The number of nitrogens with zero attached hydrogens (tertiary/aromatic N) is 3. The summed E-state index contributed by atoms with van der Waals surface area (Å²) in [5, 5.41) is 0.846. The molecule has 0 saturated carbocycles. The van der Waals surface area contributed by atoms with Crippen molar-refractivity contribution in [3.05, 3.63) is 15.9 Å². The SMILES string of the molecule is CCN(CC)c1nc(Cl)c(C)c(Cl)n1. The molecule has 0 spiro atoms. The first kappa shape index (κ1) is 11.5. The minimum Gasteiger partial charge on any atom is -0.341 e. The van der Waals surface area contributed by atoms with E-state index in [1.807, 2.05) is 18.7 Å². The first-order chi connectivity index (χ1) is 6.60. The van der Waals surface area contributed by atoms with Crippen molar-refractivity contribution in [2.75, 3.05) is 18.0 Å². The van der Waals surface area contributed by atoms with Gasteiger partial charge in [0.15, 0.2) is 0 Å². The van der Waals surface area contributed by atoms with Crippen LogP contribution in [0.5, 0.6) is 0 Å². The molecule has 0 aliphatic rings. The van der Waals surface area contributed by atoms with Gasteiger partial charge in [-0.15, -0.1) is 0 Å². The van der Waals surface area contributed by atoms with Gasteiger partial charge in [0.1, 0.15) is 10.3 Å². The van der Waals surface area contributed by atoms with Crippen molar-refractivity contribution in [1.82, 2.24) is 9.97 Å². The topological polar surface area (TPSA) is 29.0 Å². The van der Waals surface area contributed by atoms with Crippen molar-refractivity contribution in [3.63, 3.8) is 0 Å². The zero-order valence-corrected chi connectivity index (χ0v) is 10.0. The summed E-state index contributed by atoms with van der Waals surface area (Å²) in [6.07, 6.45) is 0. The Hall–Kier alpha value is -0.540. The second-order valence-corrected chi connectivity index (χ2v) is 3.62. The minimum absolute atomic E-state index is 0.423. The smallest absolute Gasteiger partial charge is 0.228 e. The summed E-state index contributed by atoms with van der Waals surface area (Å²) in [5.74, 6) is 0.593. The predicted molar refractivity (Wildman–Crippen MR) is 60.4 cm³/mol. The van der Waals surface area contributed by atoms with Crippen LogP contribution in [0.4, 0.5) is 5.95 Å². The molecule has 3 nitrogen and oxygen atoms in total. The van der Waals surface area contributed by atoms with Gasteiger partial charge in [0.2, 0.25) is 5.95 Å². The van der Waals surface area contributed by atoms with Crippen LogP contribution in [-0.4, -0.2) is 23.1 Å². The van der Waals surface area contributed by atoms with Gasteiger partial charge in [0.25, 0.3) is 0 Å². The number of hydrogen-bond donors (Lipinski definition) is 0. The summed E-state index contributed by atoms with van der Waals surface area (Å²) in [5.41, 5.74) is 0.726. The minimum atomic E-state index is 0.423. The quantitative estimate of drug-likeness (QED) is 0.753. The highest BCUT2D eigenvalue weighted by Gasteiger charge is 2.11. The molecule has 0 unspecified atom stereocenters. The summed E-state index contributed by atoms with van der Waals surface area (Å²) in [6.45, 7) is 7.55. The van der Waals surface area contributed by atoms with E-state index in [0.717, 1.165) is 18.7 Å². The zero-order valence-electron chi connectivity index (χ0n) is 8.51. The molecule has 5 heteroatoms. The predicted octanol–water partition coefficient (Wildman–Crippen LogP) is 2.94. The lowest BCUT2D eigenvalue weighted by Gasteiger charge is -2.18. The van der Waals surface area contributed by atoms with E-state index in [4.69, 9.17) is 23.2 Å². The van der Waals surface area contributed by atoms with Crippen LogP contribution in [0.3, 0.4) is 0 Å². The third-order valence-electron chi connectivity index (χ3n) is 2.06. The van der Waals surface area contributed by atoms with Crippen LogP contribution in [0.1, 0.15) is 19.4 Å². The molecule has 14 heavy (non-hydrogen) atoms. The normalized spacial score (nSPS) is 10.4. The zero-order chi connectivity index (χ0) is 10.7. The molecule has 0 aliphatic carbocycles. The molecule has 1 aromatic heterocycles. The average molecular weight is 234 g/mol. The molecule has 1 aromatic rings. The molecule has 78 valence electrons. The number of rotatable bonds is 3. The molecule has 0 aromatic carbocycles. The highest BCUT2D eigenvalue weighted by Crippen LogP contribution is 2.22. The van der Waals surface area contributed by atoms with Crippen LogP contribution < -0.4 is 4.90 Å². The van der Waals surface area contributed by atoms with E-state index in [2.05, 4.69) is 9.97 Å². The molecule has 0 saturated heterocycles. The summed E-state index contributed by atoms with van der Waals surface area (Å²) < 4.78 is 0. The van der Waals surface area contributed by atoms with Crippen LogP contribution in [0, 0.1) is 6.92 Å². The van der Waals surface area contributed by atoms with Gasteiger partial charge in [-0.3, -0.25) is 0 Å². The van der Waals surface area contributed by atoms with Crippen LogP contribution >= 0.6 is 23.2 Å². The molecule has 1 heterocycles. The Balaban J connectivity index is 3.11. The van der Waals surface area contributed by atoms with Crippen LogP contribution in [0.25, 0.3) is 0 Å². The number of aromatic nitrogens is 2. The second kappa shape index (κ2) is 4.80. The molecular weight excluding hydrogens is 221 g/mol. The highest BCUT2D eigenvalue weighted by molar-refractivity contribution is 6.34. The average Bonchev–Trinajstić information content (AvgIpc) is 2.16. The van der Waals surface area contributed by atoms with E-state index in [1.165, 1.54) is 0 Å².